The molecule has 1 aromatic heterocycles. The minimum atomic E-state index is -0.281. The Morgan fingerprint density at radius 3 is 2.89 bits per heavy atom. The Balaban J connectivity index is 1.71. The Morgan fingerprint density at radius 2 is 2.11 bits per heavy atom. The van der Waals surface area contributed by atoms with Gasteiger partial charge in [-0.05, 0) is 43.4 Å². The van der Waals surface area contributed by atoms with E-state index in [4.69, 9.17) is 11.6 Å². The van der Waals surface area contributed by atoms with Gasteiger partial charge in [-0.2, -0.15) is 0 Å². The number of imidazole rings is 1. The topological polar surface area (TPSA) is 76.0 Å². The van der Waals surface area contributed by atoms with Crippen molar-refractivity contribution in [2.75, 3.05) is 13.1 Å². The fraction of sp³-hybridized carbons (Fsp3) is 0.350. The molecule has 3 rings (SSSR count). The molecular weight excluding hydrogens is 364 g/mol. The number of amides is 2. The Labute approximate surface area is 163 Å². The van der Waals surface area contributed by atoms with Crippen LogP contribution >= 0.6 is 11.6 Å². The number of benzene rings is 1. The van der Waals surface area contributed by atoms with E-state index < -0.39 is 0 Å². The summed E-state index contributed by atoms with van der Waals surface area (Å²) in [7, 11) is 0. The van der Waals surface area contributed by atoms with Crippen LogP contribution in [0.25, 0.3) is 0 Å². The average molecular weight is 387 g/mol. The van der Waals surface area contributed by atoms with Gasteiger partial charge in [0.2, 0.25) is 0 Å². The maximum absolute atomic E-state index is 12.7. The molecule has 1 aromatic carbocycles. The Hall–Kier alpha value is -2.60. The van der Waals surface area contributed by atoms with Crippen LogP contribution in [0.5, 0.6) is 0 Å². The predicted octanol–water partition coefficient (Wildman–Crippen LogP) is 2.76. The second-order valence-electron chi connectivity index (χ2n) is 6.47. The van der Waals surface area contributed by atoms with E-state index in [1.54, 1.807) is 6.08 Å². The maximum Gasteiger partial charge on any atom is 0.287 e. The largest absolute Gasteiger partial charge is 0.350 e. The van der Waals surface area contributed by atoms with Gasteiger partial charge in [-0.15, -0.1) is 6.58 Å². The molecule has 2 aromatic rings. The number of rotatable bonds is 7. The summed E-state index contributed by atoms with van der Waals surface area (Å²) in [5.74, 6) is -0.229. The van der Waals surface area contributed by atoms with E-state index in [0.29, 0.717) is 42.6 Å². The molecular formula is C20H23ClN4O2. The lowest BCUT2D eigenvalue weighted by Gasteiger charge is -2.17. The molecule has 0 saturated carbocycles. The summed E-state index contributed by atoms with van der Waals surface area (Å²) in [5, 5.41) is 6.32. The monoisotopic (exact) mass is 386 g/mol. The van der Waals surface area contributed by atoms with Gasteiger partial charge in [0, 0.05) is 24.7 Å². The number of hydrogen-bond acceptors (Lipinski definition) is 3. The van der Waals surface area contributed by atoms with Crippen LogP contribution in [0.15, 0.2) is 36.9 Å². The van der Waals surface area contributed by atoms with Gasteiger partial charge in [-0.25, -0.2) is 4.98 Å². The van der Waals surface area contributed by atoms with Crippen molar-refractivity contribution in [1.82, 2.24) is 20.2 Å². The first-order chi connectivity index (χ1) is 13.1. The van der Waals surface area contributed by atoms with Crippen molar-refractivity contribution in [3.63, 3.8) is 0 Å². The van der Waals surface area contributed by atoms with E-state index in [1.807, 2.05) is 28.8 Å². The van der Waals surface area contributed by atoms with Gasteiger partial charge < -0.3 is 15.2 Å². The number of carbonyl (C=O) groups is 2. The summed E-state index contributed by atoms with van der Waals surface area (Å²) in [4.78, 5) is 29.4. The minimum Gasteiger partial charge on any atom is -0.350 e. The second-order valence-corrected chi connectivity index (χ2v) is 6.91. The summed E-state index contributed by atoms with van der Waals surface area (Å²) in [6.45, 7) is 5.14. The molecule has 2 heterocycles. The molecule has 7 heteroatoms. The van der Waals surface area contributed by atoms with Crippen molar-refractivity contribution in [2.24, 2.45) is 0 Å². The lowest BCUT2D eigenvalue weighted by Crippen LogP contribution is -2.28. The van der Waals surface area contributed by atoms with E-state index in [1.165, 1.54) is 0 Å². The van der Waals surface area contributed by atoms with Crippen molar-refractivity contribution in [3.8, 4) is 0 Å². The third kappa shape index (κ3) is 4.57. The van der Waals surface area contributed by atoms with Crippen LogP contribution in [0.2, 0.25) is 5.02 Å². The zero-order valence-corrected chi connectivity index (χ0v) is 15.9. The molecule has 0 bridgehead atoms. The molecule has 2 amide bonds. The number of nitrogens with zero attached hydrogens (tertiary/aromatic N) is 2. The molecule has 142 valence electrons. The summed E-state index contributed by atoms with van der Waals surface area (Å²) in [6.07, 6.45) is 5.00. The predicted molar refractivity (Wildman–Crippen MR) is 105 cm³/mol. The third-order valence-corrected chi connectivity index (χ3v) is 4.77. The zero-order chi connectivity index (χ0) is 19.2. The van der Waals surface area contributed by atoms with Gasteiger partial charge in [-0.1, -0.05) is 29.8 Å². The third-order valence-electron chi connectivity index (χ3n) is 4.53. The normalized spacial score (nSPS) is 12.9. The van der Waals surface area contributed by atoms with Crippen molar-refractivity contribution in [3.05, 3.63) is 64.7 Å². The number of aromatic nitrogens is 2. The molecule has 0 atom stereocenters. The minimum absolute atomic E-state index is 0.245. The van der Waals surface area contributed by atoms with E-state index in [-0.39, 0.29) is 11.8 Å². The first-order valence-electron chi connectivity index (χ1n) is 9.11. The summed E-state index contributed by atoms with van der Waals surface area (Å²) in [6, 6.07) is 7.56. The van der Waals surface area contributed by atoms with Crippen LogP contribution in [-0.4, -0.2) is 34.5 Å². The lowest BCUT2D eigenvalue weighted by molar-refractivity contribution is 0.0942. The van der Waals surface area contributed by atoms with Gasteiger partial charge in [-0.3, -0.25) is 9.59 Å². The van der Waals surface area contributed by atoms with Crippen molar-refractivity contribution in [1.29, 1.82) is 0 Å². The van der Waals surface area contributed by atoms with E-state index in [9.17, 15) is 9.59 Å². The maximum atomic E-state index is 12.7. The summed E-state index contributed by atoms with van der Waals surface area (Å²) in [5.41, 5.74) is 2.24. The smallest absolute Gasteiger partial charge is 0.287 e. The molecule has 1 aliphatic rings. The number of nitrogens with one attached hydrogen (secondary N) is 2. The van der Waals surface area contributed by atoms with Gasteiger partial charge >= 0.3 is 0 Å². The highest BCUT2D eigenvalue weighted by Gasteiger charge is 2.27. The standard InChI is InChI=1S/C20H23ClN4O2/c1-2-10-22-20(27)18-24-17(16-8-3-4-12-25(16)18)19(26)23-11-9-14-6-5-7-15(21)13-14/h2,5-7,13H,1,3-4,8-12H2,(H,22,27)(H,23,26). The average Bonchev–Trinajstić information content (AvgIpc) is 3.06. The van der Waals surface area contributed by atoms with Gasteiger partial charge in [0.15, 0.2) is 5.82 Å². The fourth-order valence-electron chi connectivity index (χ4n) is 3.24. The summed E-state index contributed by atoms with van der Waals surface area (Å²) >= 11 is 5.99. The molecule has 27 heavy (non-hydrogen) atoms. The second kappa shape index (κ2) is 8.86. The fourth-order valence-corrected chi connectivity index (χ4v) is 3.45. The number of fused-ring (bicyclic) bond motifs is 1. The molecule has 1 aliphatic heterocycles. The Bertz CT molecular complexity index is 860. The van der Waals surface area contributed by atoms with E-state index in [0.717, 1.165) is 30.5 Å². The van der Waals surface area contributed by atoms with E-state index in [2.05, 4.69) is 22.2 Å². The van der Waals surface area contributed by atoms with Crippen LogP contribution in [0, 0.1) is 0 Å². The van der Waals surface area contributed by atoms with Crippen molar-refractivity contribution < 1.29 is 9.59 Å². The first-order valence-corrected chi connectivity index (χ1v) is 9.49. The highest BCUT2D eigenvalue weighted by molar-refractivity contribution is 6.30. The lowest BCUT2D eigenvalue weighted by atomic mass is 10.1. The molecule has 0 saturated heterocycles. The molecule has 6 nitrogen and oxygen atoms in total. The van der Waals surface area contributed by atoms with Crippen LogP contribution < -0.4 is 10.6 Å². The first kappa shape index (κ1) is 19.2. The number of hydrogen-bond donors (Lipinski definition) is 2. The molecule has 0 fully saturated rings. The zero-order valence-electron chi connectivity index (χ0n) is 15.1. The summed E-state index contributed by atoms with van der Waals surface area (Å²) < 4.78 is 1.87. The van der Waals surface area contributed by atoms with Gasteiger partial charge in [0.05, 0.1) is 5.69 Å². The van der Waals surface area contributed by atoms with Crippen molar-refractivity contribution in [2.45, 2.75) is 32.2 Å². The SMILES string of the molecule is C=CCNC(=O)c1nc(C(=O)NCCc2cccc(Cl)c2)c2n1CCCC2. The number of carbonyl (C=O) groups excluding carboxylic acids is 2. The van der Waals surface area contributed by atoms with Crippen molar-refractivity contribution >= 4 is 23.4 Å². The Morgan fingerprint density at radius 1 is 1.26 bits per heavy atom. The molecule has 0 aliphatic carbocycles. The van der Waals surface area contributed by atoms with Crippen LogP contribution in [-0.2, 0) is 19.4 Å². The van der Waals surface area contributed by atoms with Crippen LogP contribution in [0.3, 0.4) is 0 Å². The molecule has 0 unspecified atom stereocenters. The van der Waals surface area contributed by atoms with Crippen LogP contribution in [0.4, 0.5) is 0 Å². The number of halogens is 1. The molecule has 2 N–H and O–H groups in total. The van der Waals surface area contributed by atoms with Gasteiger partial charge in [0.1, 0.15) is 5.69 Å². The molecule has 0 radical (unpaired) electrons. The quantitative estimate of drug-likeness (QED) is 0.718. The van der Waals surface area contributed by atoms with E-state index >= 15 is 0 Å². The highest BCUT2D eigenvalue weighted by atomic mass is 35.5. The highest BCUT2D eigenvalue weighted by Crippen LogP contribution is 2.21. The van der Waals surface area contributed by atoms with Crippen LogP contribution in [0.1, 0.15) is 45.2 Å². The van der Waals surface area contributed by atoms with Gasteiger partial charge in [0.25, 0.3) is 11.8 Å². The molecule has 0 spiro atoms. The Kier molecular flexibility index (Phi) is 6.29.